The number of nitrogens with one attached hydrogen (secondary N) is 2. The fraction of sp³-hybridized carbons (Fsp3) is 0.448. The van der Waals surface area contributed by atoms with Gasteiger partial charge in [-0.15, -0.1) is 0 Å². The zero-order valence-electron chi connectivity index (χ0n) is 21.3. The number of benzene rings is 2. The van der Waals surface area contributed by atoms with Gasteiger partial charge in [0.15, 0.2) is 11.6 Å². The van der Waals surface area contributed by atoms with Crippen LogP contribution in [0.5, 0.6) is 11.5 Å². The average molecular weight is 511 g/mol. The maximum atomic E-state index is 12.0. The molecule has 0 heterocycles. The Labute approximate surface area is 218 Å². The van der Waals surface area contributed by atoms with E-state index in [1.54, 1.807) is 24.3 Å². The molecule has 8 heteroatoms. The first-order chi connectivity index (χ1) is 17.9. The number of amides is 2. The van der Waals surface area contributed by atoms with Gasteiger partial charge in [0.2, 0.25) is 0 Å². The molecular weight excluding hydrogens is 472 g/mol. The number of ketones is 2. The molecule has 0 atom stereocenters. The second-order valence-corrected chi connectivity index (χ2v) is 9.16. The Hall–Kier alpha value is -3.68. The Bertz CT molecular complexity index is 955. The summed E-state index contributed by atoms with van der Waals surface area (Å²) < 4.78 is 0. The van der Waals surface area contributed by atoms with E-state index in [0.717, 1.165) is 57.8 Å². The van der Waals surface area contributed by atoms with Crippen molar-refractivity contribution in [3.05, 3.63) is 59.7 Å². The molecule has 8 nitrogen and oxygen atoms in total. The number of aromatic hydroxyl groups is 2. The minimum Gasteiger partial charge on any atom is -0.507 e. The molecule has 4 N–H and O–H groups in total. The van der Waals surface area contributed by atoms with Crippen LogP contribution in [0.25, 0.3) is 0 Å². The van der Waals surface area contributed by atoms with Crippen LogP contribution in [-0.2, 0) is 9.59 Å². The van der Waals surface area contributed by atoms with E-state index in [0.29, 0.717) is 12.8 Å². The predicted octanol–water partition coefficient (Wildman–Crippen LogP) is 4.69. The van der Waals surface area contributed by atoms with Crippen molar-refractivity contribution < 1.29 is 29.4 Å². The van der Waals surface area contributed by atoms with Crippen molar-refractivity contribution in [3.8, 4) is 11.5 Å². The SMILES string of the molecule is O=C(CCCCCCCCCCCC(=O)CNC(=O)c1ccccc1O)CNC(=O)c1ccccc1O. The number of Topliss-reactive ketones (excluding diaryl/α,β-unsaturated/α-hetero) is 2. The van der Waals surface area contributed by atoms with Crippen molar-refractivity contribution in [2.45, 2.75) is 70.6 Å². The molecule has 0 aliphatic carbocycles. The van der Waals surface area contributed by atoms with E-state index in [9.17, 15) is 29.4 Å². The molecule has 2 aromatic carbocycles. The number of unbranched alkanes of at least 4 members (excludes halogenated alkanes) is 8. The number of hydrogen-bond donors (Lipinski definition) is 4. The van der Waals surface area contributed by atoms with Gasteiger partial charge in [-0.25, -0.2) is 0 Å². The van der Waals surface area contributed by atoms with Gasteiger partial charge in [0.1, 0.15) is 11.5 Å². The van der Waals surface area contributed by atoms with Crippen LogP contribution in [0.3, 0.4) is 0 Å². The summed E-state index contributed by atoms with van der Waals surface area (Å²) in [7, 11) is 0. The predicted molar refractivity (Wildman–Crippen MR) is 142 cm³/mol. The highest BCUT2D eigenvalue weighted by atomic mass is 16.3. The molecule has 0 aromatic heterocycles. The number of rotatable bonds is 18. The van der Waals surface area contributed by atoms with E-state index in [1.165, 1.54) is 24.3 Å². The largest absolute Gasteiger partial charge is 0.507 e. The third-order valence-corrected chi connectivity index (χ3v) is 6.10. The molecule has 2 amide bonds. The number of carbonyl (C=O) groups excluding carboxylic acids is 4. The molecule has 2 rings (SSSR count). The second kappa shape index (κ2) is 16.9. The Kier molecular flexibility index (Phi) is 13.5. The third kappa shape index (κ3) is 11.7. The average Bonchev–Trinajstić information content (AvgIpc) is 2.89. The van der Waals surface area contributed by atoms with Gasteiger partial charge in [0.05, 0.1) is 24.2 Å². The number of para-hydroxylation sites is 2. The van der Waals surface area contributed by atoms with E-state index in [-0.39, 0.29) is 47.3 Å². The first-order valence-electron chi connectivity index (χ1n) is 13.0. The van der Waals surface area contributed by atoms with Gasteiger partial charge in [-0.2, -0.15) is 0 Å². The van der Waals surface area contributed by atoms with Crippen LogP contribution >= 0.6 is 0 Å². The van der Waals surface area contributed by atoms with Gasteiger partial charge in [-0.05, 0) is 37.1 Å². The maximum Gasteiger partial charge on any atom is 0.255 e. The molecule has 0 unspecified atom stereocenters. The van der Waals surface area contributed by atoms with Crippen LogP contribution in [0.4, 0.5) is 0 Å². The summed E-state index contributed by atoms with van der Waals surface area (Å²) in [5.74, 6) is -1.15. The van der Waals surface area contributed by atoms with Crippen LogP contribution in [0.1, 0.15) is 91.3 Å². The second-order valence-electron chi connectivity index (χ2n) is 9.16. The van der Waals surface area contributed by atoms with Gasteiger partial charge in [0, 0.05) is 12.8 Å². The maximum absolute atomic E-state index is 12.0. The van der Waals surface area contributed by atoms with E-state index in [1.807, 2.05) is 0 Å². The van der Waals surface area contributed by atoms with E-state index in [2.05, 4.69) is 10.6 Å². The van der Waals surface area contributed by atoms with Gasteiger partial charge >= 0.3 is 0 Å². The van der Waals surface area contributed by atoms with Crippen LogP contribution in [0.15, 0.2) is 48.5 Å². The molecule has 0 spiro atoms. The molecule has 0 fully saturated rings. The lowest BCUT2D eigenvalue weighted by atomic mass is 10.0. The van der Waals surface area contributed by atoms with E-state index >= 15 is 0 Å². The first-order valence-corrected chi connectivity index (χ1v) is 13.0. The zero-order valence-corrected chi connectivity index (χ0v) is 21.3. The lowest BCUT2D eigenvalue weighted by molar-refractivity contribution is -0.119. The van der Waals surface area contributed by atoms with Gasteiger partial charge in [-0.3, -0.25) is 19.2 Å². The van der Waals surface area contributed by atoms with Crippen LogP contribution in [0, 0.1) is 0 Å². The molecule has 200 valence electrons. The summed E-state index contributed by atoms with van der Waals surface area (Å²) >= 11 is 0. The number of phenols is 2. The Balaban J connectivity index is 1.39. The Morgan fingerprint density at radius 1 is 0.514 bits per heavy atom. The van der Waals surface area contributed by atoms with Crippen molar-refractivity contribution in [1.29, 1.82) is 0 Å². The lowest BCUT2D eigenvalue weighted by Gasteiger charge is -2.07. The van der Waals surface area contributed by atoms with Crippen molar-refractivity contribution >= 4 is 23.4 Å². The highest BCUT2D eigenvalue weighted by Gasteiger charge is 2.12. The number of hydrogen-bond acceptors (Lipinski definition) is 6. The molecule has 0 saturated heterocycles. The van der Waals surface area contributed by atoms with Crippen LogP contribution in [-0.4, -0.2) is 46.7 Å². The summed E-state index contributed by atoms with van der Waals surface area (Å²) in [5, 5.41) is 24.5. The van der Waals surface area contributed by atoms with Gasteiger partial charge in [0.25, 0.3) is 11.8 Å². The lowest BCUT2D eigenvalue weighted by Crippen LogP contribution is -2.29. The molecule has 0 aliphatic heterocycles. The molecule has 0 bridgehead atoms. The number of phenolic OH excluding ortho intramolecular Hbond substituents is 2. The molecule has 37 heavy (non-hydrogen) atoms. The number of carbonyl (C=O) groups is 4. The fourth-order valence-corrected chi connectivity index (χ4v) is 3.94. The van der Waals surface area contributed by atoms with Crippen LogP contribution in [0.2, 0.25) is 0 Å². The fourth-order valence-electron chi connectivity index (χ4n) is 3.94. The molecular formula is C29H38N2O6. The summed E-state index contributed by atoms with van der Waals surface area (Å²) in [6.45, 7) is -0.0582. The highest BCUT2D eigenvalue weighted by Crippen LogP contribution is 2.16. The Morgan fingerprint density at radius 2 is 0.838 bits per heavy atom. The molecule has 0 saturated carbocycles. The third-order valence-electron chi connectivity index (χ3n) is 6.10. The minimum absolute atomic E-state index is 0.0175. The molecule has 2 aromatic rings. The van der Waals surface area contributed by atoms with Crippen molar-refractivity contribution in [2.24, 2.45) is 0 Å². The Morgan fingerprint density at radius 3 is 1.19 bits per heavy atom. The van der Waals surface area contributed by atoms with Gasteiger partial charge in [-0.1, -0.05) is 69.2 Å². The van der Waals surface area contributed by atoms with E-state index < -0.39 is 11.8 Å². The summed E-state index contributed by atoms with van der Waals surface area (Å²) in [6, 6.07) is 12.5. The van der Waals surface area contributed by atoms with Crippen LogP contribution < -0.4 is 10.6 Å². The smallest absolute Gasteiger partial charge is 0.255 e. The summed E-state index contributed by atoms with van der Waals surface area (Å²) in [5.41, 5.74) is 0.326. The normalized spacial score (nSPS) is 10.6. The summed E-state index contributed by atoms with van der Waals surface area (Å²) in [4.78, 5) is 47.9. The standard InChI is InChI=1S/C29H38N2O6/c32-22(20-30-28(36)24-16-10-12-18-26(24)34)14-8-6-4-2-1-3-5-7-9-15-23(33)21-31-29(37)25-17-11-13-19-27(25)35/h10-13,16-19,34-35H,1-9,14-15,20-21H2,(H,30,36)(H,31,37). The van der Waals surface area contributed by atoms with Gasteiger partial charge < -0.3 is 20.8 Å². The zero-order chi connectivity index (χ0) is 26.9. The molecule has 0 radical (unpaired) electrons. The highest BCUT2D eigenvalue weighted by molar-refractivity contribution is 5.99. The molecule has 0 aliphatic rings. The van der Waals surface area contributed by atoms with Crippen molar-refractivity contribution in [1.82, 2.24) is 10.6 Å². The van der Waals surface area contributed by atoms with Crippen molar-refractivity contribution in [2.75, 3.05) is 13.1 Å². The van der Waals surface area contributed by atoms with Crippen molar-refractivity contribution in [3.63, 3.8) is 0 Å². The quantitative estimate of drug-likeness (QED) is 0.215. The summed E-state index contributed by atoms with van der Waals surface area (Å²) in [6.07, 6.45) is 9.87. The minimum atomic E-state index is -0.452. The first kappa shape index (κ1) is 29.5. The monoisotopic (exact) mass is 510 g/mol. The topological polar surface area (TPSA) is 133 Å². The van der Waals surface area contributed by atoms with E-state index in [4.69, 9.17) is 0 Å².